The summed E-state index contributed by atoms with van der Waals surface area (Å²) in [4.78, 5) is 17.2. The summed E-state index contributed by atoms with van der Waals surface area (Å²) in [6.07, 6.45) is 5.22. The predicted octanol–water partition coefficient (Wildman–Crippen LogP) is 5.37. The van der Waals surface area contributed by atoms with Crippen LogP contribution in [0, 0.1) is 0 Å². The molecule has 1 fully saturated rings. The molecule has 3 aromatic rings. The van der Waals surface area contributed by atoms with E-state index in [1.165, 1.54) is 19.3 Å². The molecule has 0 N–H and O–H groups in total. The Bertz CT molecular complexity index is 977. The number of rotatable bonds is 7. The lowest BCUT2D eigenvalue weighted by Gasteiger charge is -2.26. The van der Waals surface area contributed by atoms with Crippen LogP contribution < -0.4 is 9.64 Å². The van der Waals surface area contributed by atoms with Gasteiger partial charge in [-0.25, -0.2) is 0 Å². The molecule has 1 saturated heterocycles. The van der Waals surface area contributed by atoms with Crippen LogP contribution in [0.4, 0.5) is 5.88 Å². The number of carbonyl (C=O) groups is 1. The molecule has 4 rings (SSSR count). The van der Waals surface area contributed by atoms with Crippen LogP contribution in [-0.4, -0.2) is 31.0 Å². The Morgan fingerprint density at radius 3 is 2.60 bits per heavy atom. The van der Waals surface area contributed by atoms with Gasteiger partial charge in [0.25, 0.3) is 5.91 Å². The van der Waals surface area contributed by atoms with Crippen molar-refractivity contribution in [1.82, 2.24) is 4.90 Å². The van der Waals surface area contributed by atoms with Crippen LogP contribution in [0.3, 0.4) is 0 Å². The highest BCUT2D eigenvalue weighted by molar-refractivity contribution is 6.32. The SMILES string of the molecule is COc1ccc(C(=O)N(Cc2ccco2)Cc2ccc(N3CCCCC3)o2)cc1Cl. The van der Waals surface area contributed by atoms with Gasteiger partial charge in [0.05, 0.1) is 31.5 Å². The van der Waals surface area contributed by atoms with E-state index in [0.717, 1.165) is 24.7 Å². The van der Waals surface area contributed by atoms with Gasteiger partial charge < -0.3 is 23.4 Å². The van der Waals surface area contributed by atoms with E-state index in [1.807, 2.05) is 24.3 Å². The third-order valence-corrected chi connectivity index (χ3v) is 5.57. The molecule has 1 aliphatic heterocycles. The minimum Gasteiger partial charge on any atom is -0.495 e. The minimum atomic E-state index is -0.160. The molecule has 30 heavy (non-hydrogen) atoms. The molecular weight excluding hydrogens is 404 g/mol. The predicted molar refractivity (Wildman–Crippen MR) is 115 cm³/mol. The van der Waals surface area contributed by atoms with Crippen LogP contribution in [0.1, 0.15) is 41.1 Å². The number of piperidine rings is 1. The van der Waals surface area contributed by atoms with Crippen molar-refractivity contribution in [2.45, 2.75) is 32.4 Å². The fourth-order valence-electron chi connectivity index (χ4n) is 3.70. The minimum absolute atomic E-state index is 0.160. The number of hydrogen-bond acceptors (Lipinski definition) is 5. The first kappa shape index (κ1) is 20.4. The average Bonchev–Trinajstić information content (AvgIpc) is 3.45. The van der Waals surface area contributed by atoms with Crippen LogP contribution >= 0.6 is 11.6 Å². The highest BCUT2D eigenvalue weighted by Gasteiger charge is 2.21. The summed E-state index contributed by atoms with van der Waals surface area (Å²) < 4.78 is 16.7. The molecule has 1 aromatic carbocycles. The largest absolute Gasteiger partial charge is 0.495 e. The number of amides is 1. The lowest BCUT2D eigenvalue weighted by molar-refractivity contribution is 0.0705. The van der Waals surface area contributed by atoms with Gasteiger partial charge in [-0.2, -0.15) is 0 Å². The van der Waals surface area contributed by atoms with E-state index in [2.05, 4.69) is 4.90 Å². The van der Waals surface area contributed by atoms with Gasteiger partial charge in [-0.05, 0) is 55.7 Å². The summed E-state index contributed by atoms with van der Waals surface area (Å²) in [5, 5.41) is 0.395. The van der Waals surface area contributed by atoms with Gasteiger partial charge in [0.2, 0.25) is 0 Å². The summed E-state index contributed by atoms with van der Waals surface area (Å²) >= 11 is 6.23. The third kappa shape index (κ3) is 4.65. The Labute approximate surface area is 181 Å². The van der Waals surface area contributed by atoms with Crippen molar-refractivity contribution in [1.29, 1.82) is 0 Å². The van der Waals surface area contributed by atoms with E-state index in [9.17, 15) is 4.79 Å². The maximum atomic E-state index is 13.3. The highest BCUT2D eigenvalue weighted by Crippen LogP contribution is 2.27. The molecule has 6 nitrogen and oxygen atoms in total. The fraction of sp³-hybridized carbons (Fsp3) is 0.348. The zero-order valence-electron chi connectivity index (χ0n) is 17.0. The Hall–Kier alpha value is -2.86. The second-order valence-electron chi connectivity index (χ2n) is 7.38. The molecule has 7 heteroatoms. The summed E-state index contributed by atoms with van der Waals surface area (Å²) in [5.74, 6) is 2.67. The number of benzene rings is 1. The van der Waals surface area contributed by atoms with Crippen molar-refractivity contribution in [3.05, 3.63) is 70.8 Å². The van der Waals surface area contributed by atoms with E-state index in [1.54, 1.807) is 36.5 Å². The maximum absolute atomic E-state index is 13.3. The second-order valence-corrected chi connectivity index (χ2v) is 7.78. The monoisotopic (exact) mass is 428 g/mol. The normalized spacial score (nSPS) is 14.0. The standard InChI is InChI=1S/C23H25ClN2O4/c1-28-21-9-7-17(14-20(21)24)23(27)26(15-18-6-5-13-29-18)16-19-8-10-22(30-19)25-11-3-2-4-12-25/h5-10,13-14H,2-4,11-12,15-16H2,1H3. The van der Waals surface area contributed by atoms with Crippen LogP contribution in [0.5, 0.6) is 5.75 Å². The average molecular weight is 429 g/mol. The van der Waals surface area contributed by atoms with Gasteiger partial charge in [-0.15, -0.1) is 0 Å². The van der Waals surface area contributed by atoms with Crippen LogP contribution in [0.15, 0.2) is 57.6 Å². The molecule has 1 aliphatic rings. The molecule has 0 aliphatic carbocycles. The van der Waals surface area contributed by atoms with E-state index < -0.39 is 0 Å². The van der Waals surface area contributed by atoms with Crippen molar-refractivity contribution in [2.24, 2.45) is 0 Å². The van der Waals surface area contributed by atoms with Crippen LogP contribution in [-0.2, 0) is 13.1 Å². The van der Waals surface area contributed by atoms with E-state index in [-0.39, 0.29) is 5.91 Å². The number of methoxy groups -OCH3 is 1. The summed E-state index contributed by atoms with van der Waals surface area (Å²) in [6.45, 7) is 2.67. The molecule has 0 radical (unpaired) electrons. The molecule has 0 spiro atoms. The first-order valence-corrected chi connectivity index (χ1v) is 10.5. The van der Waals surface area contributed by atoms with E-state index in [4.69, 9.17) is 25.2 Å². The molecule has 0 saturated carbocycles. The summed E-state index contributed by atoms with van der Waals surface area (Å²) in [7, 11) is 1.54. The Kier molecular flexibility index (Phi) is 6.33. The molecule has 0 bridgehead atoms. The van der Waals surface area contributed by atoms with Gasteiger partial charge in [0.15, 0.2) is 5.88 Å². The lowest BCUT2D eigenvalue weighted by atomic mass is 10.1. The smallest absolute Gasteiger partial charge is 0.254 e. The molecule has 1 amide bonds. The zero-order valence-corrected chi connectivity index (χ0v) is 17.7. The lowest BCUT2D eigenvalue weighted by Crippen LogP contribution is -2.30. The molecule has 0 atom stereocenters. The highest BCUT2D eigenvalue weighted by atomic mass is 35.5. The maximum Gasteiger partial charge on any atom is 0.254 e. The van der Waals surface area contributed by atoms with Gasteiger partial charge in [-0.3, -0.25) is 4.79 Å². The number of anilines is 1. The van der Waals surface area contributed by atoms with Crippen molar-refractivity contribution in [3.8, 4) is 5.75 Å². The number of nitrogens with zero attached hydrogens (tertiary/aromatic N) is 2. The summed E-state index contributed by atoms with van der Waals surface area (Å²) in [5.41, 5.74) is 0.482. The van der Waals surface area contributed by atoms with Crippen molar-refractivity contribution < 1.29 is 18.4 Å². The van der Waals surface area contributed by atoms with Crippen LogP contribution in [0.2, 0.25) is 5.02 Å². The van der Waals surface area contributed by atoms with Crippen molar-refractivity contribution >= 4 is 23.4 Å². The zero-order chi connectivity index (χ0) is 20.9. The van der Waals surface area contributed by atoms with Gasteiger partial charge in [0.1, 0.15) is 17.3 Å². The quantitative estimate of drug-likeness (QED) is 0.506. The van der Waals surface area contributed by atoms with Gasteiger partial charge >= 0.3 is 0 Å². The fourth-order valence-corrected chi connectivity index (χ4v) is 3.95. The first-order chi connectivity index (χ1) is 14.6. The molecule has 3 heterocycles. The van der Waals surface area contributed by atoms with Gasteiger partial charge in [-0.1, -0.05) is 11.6 Å². The summed E-state index contributed by atoms with van der Waals surface area (Å²) in [6, 6.07) is 12.6. The Morgan fingerprint density at radius 1 is 1.10 bits per heavy atom. The van der Waals surface area contributed by atoms with Gasteiger partial charge in [0, 0.05) is 24.7 Å². The van der Waals surface area contributed by atoms with Crippen molar-refractivity contribution in [3.63, 3.8) is 0 Å². The number of ether oxygens (including phenoxy) is 1. The first-order valence-electron chi connectivity index (χ1n) is 10.1. The molecule has 2 aromatic heterocycles. The number of hydrogen-bond donors (Lipinski definition) is 0. The van der Waals surface area contributed by atoms with Crippen LogP contribution in [0.25, 0.3) is 0 Å². The van der Waals surface area contributed by atoms with E-state index >= 15 is 0 Å². The number of halogens is 1. The third-order valence-electron chi connectivity index (χ3n) is 5.27. The van der Waals surface area contributed by atoms with E-state index in [0.29, 0.717) is 35.2 Å². The molecular formula is C23H25ClN2O4. The molecule has 158 valence electrons. The topological polar surface area (TPSA) is 59.1 Å². The number of carbonyl (C=O) groups excluding carboxylic acids is 1. The number of furan rings is 2. The van der Waals surface area contributed by atoms with Crippen molar-refractivity contribution in [2.75, 3.05) is 25.1 Å². The Balaban J connectivity index is 1.54. The molecule has 0 unspecified atom stereocenters. The Morgan fingerprint density at radius 2 is 1.90 bits per heavy atom. The second kappa shape index (κ2) is 9.30.